The van der Waals surface area contributed by atoms with Crippen LogP contribution < -0.4 is 25.6 Å². The third kappa shape index (κ3) is 7.13. The number of hydrogen-bond donors (Lipinski definition) is 4. The Labute approximate surface area is 233 Å². The molecule has 4 rings (SSSR count). The number of ether oxygens (including phenoxy) is 1. The summed E-state index contributed by atoms with van der Waals surface area (Å²) in [5, 5.41) is 17.5. The molecule has 2 aliphatic rings. The highest BCUT2D eigenvalue weighted by Crippen LogP contribution is 2.24. The summed E-state index contributed by atoms with van der Waals surface area (Å²) in [7, 11) is 5.49. The average Bonchev–Trinajstić information content (AvgIpc) is 3.32. The number of anilines is 2. The van der Waals surface area contributed by atoms with Crippen LogP contribution in [0.15, 0.2) is 48.5 Å². The first-order valence-electron chi connectivity index (χ1n) is 13.2. The molecule has 1 fully saturated rings. The molecule has 5 amide bonds. The number of nitrogens with zero attached hydrogens (tertiary/aromatic N) is 3. The lowest BCUT2D eigenvalue weighted by Crippen LogP contribution is -2.51. The van der Waals surface area contributed by atoms with Crippen LogP contribution in [0, 0.1) is 0 Å². The van der Waals surface area contributed by atoms with Gasteiger partial charge in [0.15, 0.2) is 0 Å². The molecule has 3 atom stereocenters. The maximum atomic E-state index is 13.6. The number of carbonyl (C=O) groups is 4. The van der Waals surface area contributed by atoms with Gasteiger partial charge in [0.1, 0.15) is 18.4 Å². The molecule has 12 nitrogen and oxygen atoms in total. The van der Waals surface area contributed by atoms with Gasteiger partial charge in [-0.15, -0.1) is 0 Å². The molecule has 4 N–H and O–H groups in total. The molecule has 0 unspecified atom stereocenters. The Kier molecular flexibility index (Phi) is 8.97. The molecule has 2 aromatic rings. The highest BCUT2D eigenvalue weighted by Gasteiger charge is 2.39. The number of hydrogen-bond acceptors (Lipinski definition) is 6. The van der Waals surface area contributed by atoms with Crippen LogP contribution >= 0.6 is 0 Å². The van der Waals surface area contributed by atoms with E-state index in [1.54, 1.807) is 47.2 Å². The van der Waals surface area contributed by atoms with Crippen molar-refractivity contribution in [2.24, 2.45) is 0 Å². The number of fused-ring (bicyclic) bond motifs is 3. The van der Waals surface area contributed by atoms with Gasteiger partial charge in [-0.25, -0.2) is 9.59 Å². The molecule has 2 aliphatic heterocycles. The van der Waals surface area contributed by atoms with Gasteiger partial charge < -0.3 is 40.5 Å². The van der Waals surface area contributed by atoms with Crippen molar-refractivity contribution in [1.82, 2.24) is 20.4 Å². The number of carboxylic acid groups (broad SMARTS) is 1. The number of rotatable bonds is 4. The molecule has 0 aromatic heterocycles. The number of amides is 5. The molecule has 0 spiro atoms. The fourth-order valence-electron chi connectivity index (χ4n) is 5.04. The van der Waals surface area contributed by atoms with E-state index in [0.29, 0.717) is 36.4 Å². The smallest absolute Gasteiger partial charge is 0.405 e. The van der Waals surface area contributed by atoms with Gasteiger partial charge in [-0.05, 0) is 55.7 Å². The van der Waals surface area contributed by atoms with E-state index >= 15 is 0 Å². The van der Waals surface area contributed by atoms with E-state index in [1.165, 1.54) is 0 Å². The second kappa shape index (κ2) is 12.6. The molecular formula is C28H36N6O6. The van der Waals surface area contributed by atoms with E-state index in [0.717, 1.165) is 5.69 Å². The average molecular weight is 553 g/mol. The SMILES string of the molecule is CN1CCC[C@H](NC(=O)O)C(=O)N2C[C@@H](NC(=O)Nc3cccc(N(C)C)c3)C[C@H]2COc2cccc(c2)C1=O. The van der Waals surface area contributed by atoms with Crippen LogP contribution in [0.4, 0.5) is 21.0 Å². The minimum atomic E-state index is -1.31. The number of carbonyl (C=O) groups excluding carboxylic acids is 3. The first-order chi connectivity index (χ1) is 19.1. The van der Waals surface area contributed by atoms with Crippen molar-refractivity contribution in [2.45, 2.75) is 37.4 Å². The molecule has 0 aliphatic carbocycles. The standard InChI is InChI=1S/C28H36N6O6/c1-32(2)21-9-5-8-19(14-21)29-27(37)30-20-15-22-17-40-23-10-4-7-18(13-23)25(35)33(3)12-6-11-24(31-28(38)39)26(36)34(22)16-20/h4-5,7-10,13-14,20,22,24,31H,6,11-12,15-17H2,1-3H3,(H,38,39)(H2,29,30,37)/t20-,22-,24-/m0/s1. The third-order valence-electron chi connectivity index (χ3n) is 7.11. The minimum Gasteiger partial charge on any atom is -0.491 e. The first kappa shape index (κ1) is 28.5. The van der Waals surface area contributed by atoms with Gasteiger partial charge in [-0.1, -0.05) is 12.1 Å². The maximum Gasteiger partial charge on any atom is 0.405 e. The van der Waals surface area contributed by atoms with E-state index in [4.69, 9.17) is 4.74 Å². The Balaban J connectivity index is 1.52. The summed E-state index contributed by atoms with van der Waals surface area (Å²) >= 11 is 0. The highest BCUT2D eigenvalue weighted by molar-refractivity contribution is 5.94. The van der Waals surface area contributed by atoms with Gasteiger partial charge in [0.25, 0.3) is 5.91 Å². The van der Waals surface area contributed by atoms with Crippen molar-refractivity contribution < 1.29 is 29.0 Å². The van der Waals surface area contributed by atoms with Crippen molar-refractivity contribution in [1.29, 1.82) is 0 Å². The lowest BCUT2D eigenvalue weighted by molar-refractivity contribution is -0.135. The fourth-order valence-corrected chi connectivity index (χ4v) is 5.04. The van der Waals surface area contributed by atoms with Gasteiger partial charge in [0.05, 0.1) is 12.1 Å². The van der Waals surface area contributed by atoms with Crippen LogP contribution in [0.25, 0.3) is 0 Å². The van der Waals surface area contributed by atoms with Crippen LogP contribution in [0.2, 0.25) is 0 Å². The maximum absolute atomic E-state index is 13.6. The summed E-state index contributed by atoms with van der Waals surface area (Å²) in [6, 6.07) is 12.1. The third-order valence-corrected chi connectivity index (χ3v) is 7.11. The van der Waals surface area contributed by atoms with Crippen LogP contribution in [0.5, 0.6) is 5.75 Å². The monoisotopic (exact) mass is 552 g/mol. The highest BCUT2D eigenvalue weighted by atomic mass is 16.5. The summed E-state index contributed by atoms with van der Waals surface area (Å²) < 4.78 is 6.00. The van der Waals surface area contributed by atoms with Crippen molar-refractivity contribution >= 4 is 35.3 Å². The molecule has 0 radical (unpaired) electrons. The fraction of sp³-hybridized carbons (Fsp3) is 0.429. The first-order valence-corrected chi connectivity index (χ1v) is 13.2. The molecule has 0 saturated carbocycles. The number of nitrogens with one attached hydrogen (secondary N) is 3. The molecule has 1 saturated heterocycles. The van der Waals surface area contributed by atoms with Crippen molar-refractivity contribution in [3.05, 3.63) is 54.1 Å². The summed E-state index contributed by atoms with van der Waals surface area (Å²) in [5.41, 5.74) is 2.04. The second-order valence-corrected chi connectivity index (χ2v) is 10.3. The van der Waals surface area contributed by atoms with Gasteiger partial charge in [-0.3, -0.25) is 9.59 Å². The molecule has 2 heterocycles. The summed E-state index contributed by atoms with van der Waals surface area (Å²) in [5.74, 6) is -0.0940. The lowest BCUT2D eigenvalue weighted by Gasteiger charge is -2.29. The Hall–Kier alpha value is -4.48. The largest absolute Gasteiger partial charge is 0.491 e. The van der Waals surface area contributed by atoms with Crippen LogP contribution in [0.1, 0.15) is 29.6 Å². The summed E-state index contributed by atoms with van der Waals surface area (Å²) in [4.78, 5) is 55.9. The van der Waals surface area contributed by atoms with E-state index in [1.807, 2.05) is 37.2 Å². The molecule has 2 aromatic carbocycles. The van der Waals surface area contributed by atoms with E-state index in [2.05, 4.69) is 16.0 Å². The Morgan fingerprint density at radius 2 is 1.85 bits per heavy atom. The van der Waals surface area contributed by atoms with E-state index in [9.17, 15) is 24.3 Å². The molecule has 214 valence electrons. The van der Waals surface area contributed by atoms with Gasteiger partial charge in [0.2, 0.25) is 5.91 Å². The zero-order valence-electron chi connectivity index (χ0n) is 22.9. The zero-order valence-corrected chi connectivity index (χ0v) is 22.9. The topological polar surface area (TPSA) is 144 Å². The van der Waals surface area contributed by atoms with Crippen molar-refractivity contribution in [3.63, 3.8) is 0 Å². The Bertz CT molecular complexity index is 1250. The van der Waals surface area contributed by atoms with Crippen LogP contribution in [-0.2, 0) is 4.79 Å². The van der Waals surface area contributed by atoms with E-state index < -0.39 is 24.2 Å². The minimum absolute atomic E-state index is 0.115. The van der Waals surface area contributed by atoms with Gasteiger partial charge in [-0.2, -0.15) is 0 Å². The number of urea groups is 1. The molecule has 2 bridgehead atoms. The zero-order chi connectivity index (χ0) is 28.8. The van der Waals surface area contributed by atoms with E-state index in [-0.39, 0.29) is 37.4 Å². The predicted molar refractivity (Wildman–Crippen MR) is 150 cm³/mol. The lowest BCUT2D eigenvalue weighted by atomic mass is 10.1. The molecule has 12 heteroatoms. The van der Waals surface area contributed by atoms with Crippen LogP contribution in [0.3, 0.4) is 0 Å². The summed E-state index contributed by atoms with van der Waals surface area (Å²) in [6.07, 6.45) is -0.255. The van der Waals surface area contributed by atoms with Crippen LogP contribution in [-0.4, -0.2) is 97.8 Å². The normalized spacial score (nSPS) is 21.5. The van der Waals surface area contributed by atoms with Gasteiger partial charge >= 0.3 is 12.1 Å². The summed E-state index contributed by atoms with van der Waals surface area (Å²) in [6.45, 7) is 0.662. The van der Waals surface area contributed by atoms with Crippen molar-refractivity contribution in [3.8, 4) is 5.75 Å². The van der Waals surface area contributed by atoms with Crippen molar-refractivity contribution in [2.75, 3.05) is 51.1 Å². The van der Waals surface area contributed by atoms with Gasteiger partial charge in [0, 0.05) is 51.2 Å². The Morgan fingerprint density at radius 3 is 2.60 bits per heavy atom. The quantitative estimate of drug-likeness (QED) is 0.456. The molecule has 40 heavy (non-hydrogen) atoms. The molecular weight excluding hydrogens is 516 g/mol. The Morgan fingerprint density at radius 1 is 1.07 bits per heavy atom. The second-order valence-electron chi connectivity index (χ2n) is 10.3. The predicted octanol–water partition coefficient (Wildman–Crippen LogP) is 2.42. The number of benzene rings is 2.